The van der Waals surface area contributed by atoms with Gasteiger partial charge in [-0.05, 0) is 38.3 Å². The summed E-state index contributed by atoms with van der Waals surface area (Å²) in [7, 11) is 0. The van der Waals surface area contributed by atoms with Crippen molar-refractivity contribution in [2.24, 2.45) is 0 Å². The minimum atomic E-state index is -0.174. The molecule has 3 heteroatoms. The molecule has 0 radical (unpaired) electrons. The highest BCUT2D eigenvalue weighted by Crippen LogP contribution is 2.33. The lowest BCUT2D eigenvalue weighted by Crippen LogP contribution is -2.07. The monoisotopic (exact) mass is 243 g/mol. The minimum Gasteiger partial charge on any atom is -0.462 e. The van der Waals surface area contributed by atoms with Crippen LogP contribution in [0.2, 0.25) is 0 Å². The summed E-state index contributed by atoms with van der Waals surface area (Å²) in [5.41, 5.74) is 4.27. The molecule has 2 aromatic rings. The van der Waals surface area contributed by atoms with Crippen molar-refractivity contribution in [1.82, 2.24) is 4.57 Å². The van der Waals surface area contributed by atoms with Crippen LogP contribution in [0.25, 0.3) is 10.9 Å². The first-order chi connectivity index (χ1) is 8.74. The first kappa shape index (κ1) is 11.3. The standard InChI is InChI=1S/C15H17NO2/c1-3-18-15(17)14-12-8-5-9-16(12)11-7-4-6-10(2)13(11)14/h4,6-7H,3,5,8-9H2,1-2H3. The number of fused-ring (bicyclic) bond motifs is 3. The zero-order valence-electron chi connectivity index (χ0n) is 10.8. The molecule has 1 aliphatic heterocycles. The van der Waals surface area contributed by atoms with Crippen molar-refractivity contribution >= 4 is 16.9 Å². The number of aryl methyl sites for hydroxylation is 2. The van der Waals surface area contributed by atoms with Gasteiger partial charge in [-0.1, -0.05) is 12.1 Å². The number of ether oxygens (including phenoxy) is 1. The van der Waals surface area contributed by atoms with Crippen LogP contribution in [0.4, 0.5) is 0 Å². The summed E-state index contributed by atoms with van der Waals surface area (Å²) in [6, 6.07) is 6.21. The zero-order chi connectivity index (χ0) is 12.7. The van der Waals surface area contributed by atoms with Crippen molar-refractivity contribution in [3.05, 3.63) is 35.0 Å². The molecule has 0 aliphatic carbocycles. The summed E-state index contributed by atoms with van der Waals surface area (Å²) in [5.74, 6) is -0.174. The molecule has 1 aromatic carbocycles. The van der Waals surface area contributed by atoms with E-state index in [0.717, 1.165) is 41.6 Å². The number of carbonyl (C=O) groups excluding carboxylic acids is 1. The molecule has 2 heterocycles. The quantitative estimate of drug-likeness (QED) is 0.759. The number of hydrogen-bond acceptors (Lipinski definition) is 2. The molecular formula is C15H17NO2. The summed E-state index contributed by atoms with van der Waals surface area (Å²) in [6.07, 6.45) is 2.09. The summed E-state index contributed by atoms with van der Waals surface area (Å²) < 4.78 is 7.49. The van der Waals surface area contributed by atoms with Gasteiger partial charge in [0.15, 0.2) is 0 Å². The summed E-state index contributed by atoms with van der Waals surface area (Å²) in [6.45, 7) is 5.34. The van der Waals surface area contributed by atoms with E-state index in [1.54, 1.807) is 0 Å². The Kier molecular flexibility index (Phi) is 2.62. The average Bonchev–Trinajstić information content (AvgIpc) is 2.90. The van der Waals surface area contributed by atoms with Crippen molar-refractivity contribution in [2.75, 3.05) is 6.61 Å². The largest absolute Gasteiger partial charge is 0.462 e. The summed E-state index contributed by atoms with van der Waals surface area (Å²) in [4.78, 5) is 12.2. The van der Waals surface area contributed by atoms with Crippen LogP contribution in [0.1, 0.15) is 35.0 Å². The highest BCUT2D eigenvalue weighted by Gasteiger charge is 2.26. The van der Waals surface area contributed by atoms with Gasteiger partial charge in [-0.15, -0.1) is 0 Å². The first-order valence-corrected chi connectivity index (χ1v) is 6.52. The third-order valence-corrected chi connectivity index (χ3v) is 3.68. The molecule has 0 fully saturated rings. The normalized spacial score (nSPS) is 13.9. The zero-order valence-corrected chi connectivity index (χ0v) is 10.8. The smallest absolute Gasteiger partial charge is 0.340 e. The van der Waals surface area contributed by atoms with Gasteiger partial charge in [0.05, 0.1) is 12.2 Å². The minimum absolute atomic E-state index is 0.174. The van der Waals surface area contributed by atoms with E-state index in [-0.39, 0.29) is 5.97 Å². The lowest BCUT2D eigenvalue weighted by Gasteiger charge is -2.04. The van der Waals surface area contributed by atoms with Crippen LogP contribution in [0.3, 0.4) is 0 Å². The maximum absolute atomic E-state index is 12.2. The van der Waals surface area contributed by atoms with Crippen LogP contribution in [-0.4, -0.2) is 17.1 Å². The van der Waals surface area contributed by atoms with E-state index in [1.807, 2.05) is 6.92 Å². The van der Waals surface area contributed by atoms with Gasteiger partial charge in [0.25, 0.3) is 0 Å². The van der Waals surface area contributed by atoms with E-state index < -0.39 is 0 Å². The predicted octanol–water partition coefficient (Wildman–Crippen LogP) is 3.07. The lowest BCUT2D eigenvalue weighted by atomic mass is 10.0. The van der Waals surface area contributed by atoms with Crippen molar-refractivity contribution in [3.8, 4) is 0 Å². The van der Waals surface area contributed by atoms with E-state index in [2.05, 4.69) is 29.7 Å². The van der Waals surface area contributed by atoms with Crippen LogP contribution in [0, 0.1) is 6.92 Å². The molecule has 0 amide bonds. The van der Waals surface area contributed by atoms with E-state index in [0.29, 0.717) is 6.61 Å². The number of aromatic nitrogens is 1. The number of rotatable bonds is 2. The molecule has 3 rings (SSSR count). The van der Waals surface area contributed by atoms with Gasteiger partial charge >= 0.3 is 5.97 Å². The van der Waals surface area contributed by atoms with E-state index >= 15 is 0 Å². The Morgan fingerprint density at radius 1 is 1.44 bits per heavy atom. The second kappa shape index (κ2) is 4.16. The summed E-state index contributed by atoms with van der Waals surface area (Å²) >= 11 is 0. The van der Waals surface area contributed by atoms with Crippen LogP contribution >= 0.6 is 0 Å². The van der Waals surface area contributed by atoms with Crippen LogP contribution < -0.4 is 0 Å². The predicted molar refractivity (Wildman–Crippen MR) is 71.0 cm³/mol. The molecule has 0 unspecified atom stereocenters. The van der Waals surface area contributed by atoms with Crippen molar-refractivity contribution in [2.45, 2.75) is 33.2 Å². The third-order valence-electron chi connectivity index (χ3n) is 3.68. The van der Waals surface area contributed by atoms with E-state index in [1.165, 1.54) is 5.52 Å². The van der Waals surface area contributed by atoms with Crippen LogP contribution in [-0.2, 0) is 17.7 Å². The number of carbonyl (C=O) groups is 1. The molecule has 0 saturated carbocycles. The highest BCUT2D eigenvalue weighted by molar-refractivity contribution is 6.07. The van der Waals surface area contributed by atoms with Crippen LogP contribution in [0.15, 0.2) is 18.2 Å². The molecule has 0 bridgehead atoms. The maximum Gasteiger partial charge on any atom is 0.340 e. The molecular weight excluding hydrogens is 226 g/mol. The van der Waals surface area contributed by atoms with Crippen molar-refractivity contribution < 1.29 is 9.53 Å². The van der Waals surface area contributed by atoms with Crippen molar-refractivity contribution in [1.29, 1.82) is 0 Å². The second-order valence-corrected chi connectivity index (χ2v) is 4.77. The molecule has 18 heavy (non-hydrogen) atoms. The Bertz CT molecular complexity index is 625. The van der Waals surface area contributed by atoms with Gasteiger partial charge in [0, 0.05) is 23.1 Å². The fourth-order valence-corrected chi connectivity index (χ4v) is 2.97. The van der Waals surface area contributed by atoms with Gasteiger partial charge in [0.2, 0.25) is 0 Å². The SMILES string of the molecule is CCOC(=O)c1c2n(c3cccc(C)c13)CCC2. The molecule has 1 aliphatic rings. The Balaban J connectivity index is 2.32. The Labute approximate surface area is 106 Å². The molecule has 1 aromatic heterocycles. The number of nitrogens with zero attached hydrogens (tertiary/aromatic N) is 1. The molecule has 0 atom stereocenters. The van der Waals surface area contributed by atoms with Gasteiger partial charge in [0.1, 0.15) is 0 Å². The molecule has 0 saturated heterocycles. The third kappa shape index (κ3) is 1.47. The highest BCUT2D eigenvalue weighted by atomic mass is 16.5. The number of benzene rings is 1. The number of esters is 1. The second-order valence-electron chi connectivity index (χ2n) is 4.77. The topological polar surface area (TPSA) is 31.2 Å². The van der Waals surface area contributed by atoms with Gasteiger partial charge in [-0.25, -0.2) is 4.79 Å². The Hall–Kier alpha value is -1.77. The molecule has 0 spiro atoms. The number of hydrogen-bond donors (Lipinski definition) is 0. The van der Waals surface area contributed by atoms with Crippen molar-refractivity contribution in [3.63, 3.8) is 0 Å². The van der Waals surface area contributed by atoms with Gasteiger partial charge in [-0.3, -0.25) is 0 Å². The van der Waals surface area contributed by atoms with E-state index in [9.17, 15) is 4.79 Å². The average molecular weight is 243 g/mol. The lowest BCUT2D eigenvalue weighted by molar-refractivity contribution is 0.0527. The van der Waals surface area contributed by atoms with Crippen LogP contribution in [0.5, 0.6) is 0 Å². The fraction of sp³-hybridized carbons (Fsp3) is 0.400. The Morgan fingerprint density at radius 3 is 3.06 bits per heavy atom. The summed E-state index contributed by atoms with van der Waals surface area (Å²) in [5, 5.41) is 1.07. The van der Waals surface area contributed by atoms with E-state index in [4.69, 9.17) is 4.74 Å². The maximum atomic E-state index is 12.2. The molecule has 3 nitrogen and oxygen atoms in total. The Morgan fingerprint density at radius 2 is 2.28 bits per heavy atom. The van der Waals surface area contributed by atoms with Gasteiger partial charge in [-0.2, -0.15) is 0 Å². The first-order valence-electron chi connectivity index (χ1n) is 6.52. The van der Waals surface area contributed by atoms with Gasteiger partial charge < -0.3 is 9.30 Å². The molecule has 94 valence electrons. The fourth-order valence-electron chi connectivity index (χ4n) is 2.97. The molecule has 0 N–H and O–H groups in total.